The van der Waals surface area contributed by atoms with Gasteiger partial charge in [-0.2, -0.15) is 0 Å². The molecule has 0 saturated carbocycles. The summed E-state index contributed by atoms with van der Waals surface area (Å²) in [7, 11) is 0. The van der Waals surface area contributed by atoms with Gasteiger partial charge in [0.15, 0.2) is 0 Å². The zero-order chi connectivity index (χ0) is 21.7. The van der Waals surface area contributed by atoms with Crippen LogP contribution in [0.5, 0.6) is 5.75 Å². The van der Waals surface area contributed by atoms with Gasteiger partial charge in [0.05, 0.1) is 0 Å². The molecule has 0 N–H and O–H groups in total. The Balaban J connectivity index is 1.64. The van der Waals surface area contributed by atoms with Gasteiger partial charge >= 0.3 is 6.09 Å². The zero-order valence-electron chi connectivity index (χ0n) is 19.0. The van der Waals surface area contributed by atoms with Crippen molar-refractivity contribution in [1.82, 2.24) is 9.80 Å². The van der Waals surface area contributed by atoms with Crippen LogP contribution in [-0.2, 0) is 4.74 Å². The Morgan fingerprint density at radius 2 is 1.83 bits per heavy atom. The number of benzene rings is 1. The molecule has 2 fully saturated rings. The molecule has 2 aliphatic rings. The average Bonchev–Trinajstić information content (AvgIpc) is 3.19. The molecule has 1 amide bonds. The molecule has 6 heteroatoms. The van der Waals surface area contributed by atoms with Gasteiger partial charge in [-0.05, 0) is 89.6 Å². The van der Waals surface area contributed by atoms with E-state index in [9.17, 15) is 4.79 Å². The lowest BCUT2D eigenvalue weighted by Gasteiger charge is -2.34. The van der Waals surface area contributed by atoms with Crippen LogP contribution < -0.4 is 4.74 Å². The highest BCUT2D eigenvalue weighted by molar-refractivity contribution is 6.30. The summed E-state index contributed by atoms with van der Waals surface area (Å²) in [6.45, 7) is 12.6. The fraction of sp³-hybridized carbons (Fsp3) is 0.708. The minimum Gasteiger partial charge on any atom is -0.489 e. The van der Waals surface area contributed by atoms with Gasteiger partial charge in [-0.15, -0.1) is 0 Å². The summed E-state index contributed by atoms with van der Waals surface area (Å²) in [5.74, 6) is 1.27. The molecule has 30 heavy (non-hydrogen) atoms. The van der Waals surface area contributed by atoms with E-state index in [4.69, 9.17) is 21.1 Å². The van der Waals surface area contributed by atoms with Crippen molar-refractivity contribution in [2.45, 2.75) is 77.4 Å². The lowest BCUT2D eigenvalue weighted by molar-refractivity contribution is 0.0204. The molecular formula is C24H37ClN2O3. The second kappa shape index (κ2) is 10.2. The summed E-state index contributed by atoms with van der Waals surface area (Å²) in [6.07, 6.45) is 5.30. The number of hydrogen-bond donors (Lipinski definition) is 0. The van der Waals surface area contributed by atoms with Crippen molar-refractivity contribution >= 4 is 17.7 Å². The fourth-order valence-electron chi connectivity index (χ4n) is 4.33. The van der Waals surface area contributed by atoms with E-state index in [1.165, 1.54) is 31.5 Å². The topological polar surface area (TPSA) is 42.0 Å². The highest BCUT2D eigenvalue weighted by Gasteiger charge is 2.29. The van der Waals surface area contributed by atoms with E-state index < -0.39 is 5.60 Å². The smallest absolute Gasteiger partial charge is 0.410 e. The van der Waals surface area contributed by atoms with Crippen LogP contribution in [0.4, 0.5) is 4.79 Å². The maximum Gasteiger partial charge on any atom is 0.410 e. The molecule has 0 aliphatic carbocycles. The van der Waals surface area contributed by atoms with Gasteiger partial charge in [0.1, 0.15) is 17.5 Å². The van der Waals surface area contributed by atoms with E-state index in [2.05, 4.69) is 17.9 Å². The van der Waals surface area contributed by atoms with Crippen molar-refractivity contribution < 1.29 is 14.3 Å². The third kappa shape index (κ3) is 6.52. The quantitative estimate of drug-likeness (QED) is 0.572. The minimum absolute atomic E-state index is 0.169. The van der Waals surface area contributed by atoms with Crippen LogP contribution >= 0.6 is 11.6 Å². The highest BCUT2D eigenvalue weighted by Crippen LogP contribution is 2.37. The Morgan fingerprint density at radius 1 is 1.17 bits per heavy atom. The summed E-state index contributed by atoms with van der Waals surface area (Å²) in [4.78, 5) is 16.7. The van der Waals surface area contributed by atoms with E-state index in [-0.39, 0.29) is 12.2 Å². The van der Waals surface area contributed by atoms with E-state index in [0.717, 1.165) is 31.6 Å². The summed E-state index contributed by atoms with van der Waals surface area (Å²) >= 11 is 6.32. The van der Waals surface area contributed by atoms with Crippen LogP contribution in [0.25, 0.3) is 0 Å². The SMILES string of the molecule is CC[C@@H](CN1CCCC1)Oc1cc(Cl)ccc1C1CCN(C(=O)OC(C)(C)C)CC1. The van der Waals surface area contributed by atoms with Gasteiger partial charge in [-0.1, -0.05) is 24.6 Å². The van der Waals surface area contributed by atoms with Gasteiger partial charge in [0.25, 0.3) is 0 Å². The molecule has 168 valence electrons. The number of hydrogen-bond acceptors (Lipinski definition) is 4. The van der Waals surface area contributed by atoms with Crippen LogP contribution in [0.15, 0.2) is 18.2 Å². The van der Waals surface area contributed by atoms with E-state index in [1.807, 2.05) is 37.8 Å². The third-order valence-electron chi connectivity index (χ3n) is 5.97. The van der Waals surface area contributed by atoms with Gasteiger partial charge in [0.2, 0.25) is 0 Å². The monoisotopic (exact) mass is 436 g/mol. The number of amides is 1. The van der Waals surface area contributed by atoms with Crippen molar-refractivity contribution in [3.63, 3.8) is 0 Å². The van der Waals surface area contributed by atoms with Crippen molar-refractivity contribution in [3.05, 3.63) is 28.8 Å². The molecular weight excluding hydrogens is 400 g/mol. The number of likely N-dealkylation sites (tertiary alicyclic amines) is 2. The Kier molecular flexibility index (Phi) is 7.92. The Morgan fingerprint density at radius 3 is 2.43 bits per heavy atom. The van der Waals surface area contributed by atoms with Crippen molar-refractivity contribution in [1.29, 1.82) is 0 Å². The van der Waals surface area contributed by atoms with Crippen molar-refractivity contribution in [2.75, 3.05) is 32.7 Å². The summed E-state index contributed by atoms with van der Waals surface area (Å²) in [6, 6.07) is 6.02. The number of rotatable bonds is 6. The first kappa shape index (κ1) is 23.2. The number of carbonyl (C=O) groups is 1. The molecule has 1 atom stereocenters. The lowest BCUT2D eigenvalue weighted by Crippen LogP contribution is -2.41. The molecule has 0 aromatic heterocycles. The molecule has 0 unspecified atom stereocenters. The molecule has 3 rings (SSSR count). The van der Waals surface area contributed by atoms with Gasteiger partial charge in [0, 0.05) is 24.7 Å². The number of nitrogens with zero attached hydrogens (tertiary/aromatic N) is 2. The Hall–Kier alpha value is -1.46. The summed E-state index contributed by atoms with van der Waals surface area (Å²) < 4.78 is 12.0. The summed E-state index contributed by atoms with van der Waals surface area (Å²) in [5.41, 5.74) is 0.749. The Labute approximate surface area is 186 Å². The maximum absolute atomic E-state index is 12.4. The van der Waals surface area contributed by atoms with Gasteiger partial charge < -0.3 is 14.4 Å². The normalized spacial score (nSPS) is 19.7. The molecule has 1 aromatic carbocycles. The number of halogens is 1. The molecule has 0 bridgehead atoms. The Bertz CT molecular complexity index is 705. The van der Waals surface area contributed by atoms with Crippen LogP contribution in [0.1, 0.15) is 71.3 Å². The predicted octanol–water partition coefficient (Wildman–Crippen LogP) is 5.71. The number of carbonyl (C=O) groups excluding carboxylic acids is 1. The largest absolute Gasteiger partial charge is 0.489 e. The van der Waals surface area contributed by atoms with Gasteiger partial charge in [-0.3, -0.25) is 4.90 Å². The first-order chi connectivity index (χ1) is 14.2. The van der Waals surface area contributed by atoms with Crippen molar-refractivity contribution in [3.8, 4) is 5.75 Å². The molecule has 0 spiro atoms. The lowest BCUT2D eigenvalue weighted by atomic mass is 9.89. The van der Waals surface area contributed by atoms with Crippen molar-refractivity contribution in [2.24, 2.45) is 0 Å². The van der Waals surface area contributed by atoms with E-state index >= 15 is 0 Å². The fourth-order valence-corrected chi connectivity index (χ4v) is 4.49. The number of ether oxygens (including phenoxy) is 2. The maximum atomic E-state index is 12.4. The van der Waals surface area contributed by atoms with E-state index in [0.29, 0.717) is 24.0 Å². The van der Waals surface area contributed by atoms with Gasteiger partial charge in [-0.25, -0.2) is 4.79 Å². The number of piperidine rings is 1. The second-order valence-electron chi connectivity index (χ2n) is 9.58. The first-order valence-corrected chi connectivity index (χ1v) is 11.8. The third-order valence-corrected chi connectivity index (χ3v) is 6.21. The standard InChI is InChI=1S/C24H37ClN2O3/c1-5-20(17-26-12-6-7-13-26)29-22-16-19(25)8-9-21(22)18-10-14-27(15-11-18)23(28)30-24(2,3)4/h8-9,16,18,20H,5-7,10-15,17H2,1-4H3/t20-/m0/s1. The average molecular weight is 437 g/mol. The predicted molar refractivity (Wildman–Crippen MR) is 122 cm³/mol. The molecule has 2 saturated heterocycles. The van der Waals surface area contributed by atoms with E-state index in [1.54, 1.807) is 0 Å². The molecule has 0 radical (unpaired) electrons. The second-order valence-corrected chi connectivity index (χ2v) is 10.0. The van der Waals surface area contributed by atoms with Crippen LogP contribution in [0.2, 0.25) is 5.02 Å². The van der Waals surface area contributed by atoms with Crippen LogP contribution in [0, 0.1) is 0 Å². The molecule has 2 aliphatic heterocycles. The minimum atomic E-state index is -0.463. The molecule has 2 heterocycles. The highest BCUT2D eigenvalue weighted by atomic mass is 35.5. The van der Waals surface area contributed by atoms with Crippen LogP contribution in [-0.4, -0.2) is 60.3 Å². The first-order valence-electron chi connectivity index (χ1n) is 11.4. The summed E-state index contributed by atoms with van der Waals surface area (Å²) in [5, 5.41) is 0.705. The zero-order valence-corrected chi connectivity index (χ0v) is 19.7. The van der Waals surface area contributed by atoms with Crippen LogP contribution in [0.3, 0.4) is 0 Å². The molecule has 5 nitrogen and oxygen atoms in total. The molecule has 1 aromatic rings.